The van der Waals surface area contributed by atoms with Crippen LogP contribution in [-0.2, 0) is 6.61 Å². The second kappa shape index (κ2) is 8.89. The molecule has 0 bridgehead atoms. The third-order valence-corrected chi connectivity index (χ3v) is 4.49. The minimum atomic E-state index is 0.545. The summed E-state index contributed by atoms with van der Waals surface area (Å²) in [7, 11) is 1.99. The van der Waals surface area contributed by atoms with E-state index in [0.717, 1.165) is 28.5 Å². The van der Waals surface area contributed by atoms with Crippen molar-refractivity contribution in [2.24, 2.45) is 0 Å². The fourth-order valence-electron chi connectivity index (χ4n) is 2.88. The molecule has 1 N–H and O–H groups in total. The minimum Gasteiger partial charge on any atom is -0.489 e. The predicted octanol–water partition coefficient (Wildman–Crippen LogP) is 5.57. The van der Waals surface area contributed by atoms with Crippen LogP contribution >= 0.6 is 0 Å². The van der Waals surface area contributed by atoms with E-state index in [2.05, 4.69) is 15.3 Å². The molecule has 0 saturated heterocycles. The lowest BCUT2D eigenvalue weighted by Crippen LogP contribution is -2.12. The Morgan fingerprint density at radius 2 is 1.52 bits per heavy atom. The van der Waals surface area contributed by atoms with Gasteiger partial charge in [-0.2, -0.15) is 4.98 Å². The molecule has 5 heteroatoms. The lowest BCUT2D eigenvalue weighted by Gasteiger charge is -2.18. The molecule has 29 heavy (non-hydrogen) atoms. The average molecular weight is 382 g/mol. The summed E-state index contributed by atoms with van der Waals surface area (Å²) in [5.74, 6) is 2.18. The molecule has 144 valence electrons. The maximum absolute atomic E-state index is 5.83. The molecule has 4 rings (SSSR count). The Morgan fingerprint density at radius 1 is 0.828 bits per heavy atom. The topological polar surface area (TPSA) is 50.3 Å². The van der Waals surface area contributed by atoms with Gasteiger partial charge >= 0.3 is 0 Å². The fourth-order valence-corrected chi connectivity index (χ4v) is 2.88. The maximum atomic E-state index is 5.83. The predicted molar refractivity (Wildman–Crippen MR) is 117 cm³/mol. The normalized spacial score (nSPS) is 10.4. The third kappa shape index (κ3) is 4.90. The van der Waals surface area contributed by atoms with Gasteiger partial charge in [0.05, 0.1) is 0 Å². The van der Waals surface area contributed by atoms with E-state index in [-0.39, 0.29) is 0 Å². The molecule has 3 aromatic carbocycles. The number of hydrogen-bond donors (Lipinski definition) is 1. The summed E-state index contributed by atoms with van der Waals surface area (Å²) in [4.78, 5) is 11.0. The van der Waals surface area contributed by atoms with Crippen molar-refractivity contribution in [2.45, 2.75) is 6.61 Å². The van der Waals surface area contributed by atoms with Gasteiger partial charge in [0.2, 0.25) is 5.95 Å². The summed E-state index contributed by atoms with van der Waals surface area (Å²) in [6.07, 6.45) is 1.75. The summed E-state index contributed by atoms with van der Waals surface area (Å²) >= 11 is 0. The Balaban J connectivity index is 1.40. The molecule has 0 amide bonds. The van der Waals surface area contributed by atoms with Crippen molar-refractivity contribution in [3.8, 4) is 5.75 Å². The summed E-state index contributed by atoms with van der Waals surface area (Å²) in [5.41, 5.74) is 3.11. The molecular weight excluding hydrogens is 360 g/mol. The van der Waals surface area contributed by atoms with Crippen LogP contribution in [0.25, 0.3) is 0 Å². The first kappa shape index (κ1) is 18.5. The molecule has 0 aliphatic carbocycles. The van der Waals surface area contributed by atoms with Crippen LogP contribution in [0.4, 0.5) is 23.1 Å². The van der Waals surface area contributed by atoms with Crippen LogP contribution in [0, 0.1) is 0 Å². The van der Waals surface area contributed by atoms with Crippen molar-refractivity contribution in [1.82, 2.24) is 9.97 Å². The van der Waals surface area contributed by atoms with Crippen molar-refractivity contribution in [2.75, 3.05) is 17.3 Å². The summed E-state index contributed by atoms with van der Waals surface area (Å²) in [6.45, 7) is 0.546. The lowest BCUT2D eigenvalue weighted by atomic mass is 10.2. The molecule has 0 spiro atoms. The Bertz CT molecular complexity index is 1040. The first-order chi connectivity index (χ1) is 14.3. The molecule has 0 unspecified atom stereocenters. The standard InChI is InChI=1S/C24H22N4O/c1-28(21-10-6-3-7-11-21)23-16-17-25-24(27-23)26-20-12-14-22(15-13-20)29-18-19-8-4-2-5-9-19/h2-17H,18H2,1H3,(H,25,26,27). The number of ether oxygens (including phenoxy) is 1. The van der Waals surface area contributed by atoms with Crippen LogP contribution in [-0.4, -0.2) is 17.0 Å². The third-order valence-electron chi connectivity index (χ3n) is 4.49. The number of anilines is 4. The van der Waals surface area contributed by atoms with E-state index in [1.54, 1.807) is 6.20 Å². The number of rotatable bonds is 7. The van der Waals surface area contributed by atoms with E-state index in [1.807, 2.05) is 103 Å². The van der Waals surface area contributed by atoms with Crippen molar-refractivity contribution >= 4 is 23.1 Å². The van der Waals surface area contributed by atoms with Crippen LogP contribution in [0.5, 0.6) is 5.75 Å². The zero-order chi connectivity index (χ0) is 19.9. The Labute approximate surface area is 170 Å². The highest BCUT2D eigenvalue weighted by atomic mass is 16.5. The van der Waals surface area contributed by atoms with Gasteiger partial charge in [0.1, 0.15) is 18.2 Å². The van der Waals surface area contributed by atoms with E-state index in [0.29, 0.717) is 12.6 Å². The first-order valence-corrected chi connectivity index (χ1v) is 9.43. The second-order valence-corrected chi connectivity index (χ2v) is 6.56. The SMILES string of the molecule is CN(c1ccccc1)c1ccnc(Nc2ccc(OCc3ccccc3)cc2)n1. The van der Waals surface area contributed by atoms with Crippen LogP contribution in [0.1, 0.15) is 5.56 Å². The number of para-hydroxylation sites is 1. The Kier molecular flexibility index (Phi) is 5.67. The van der Waals surface area contributed by atoms with Gasteiger partial charge in [-0.1, -0.05) is 48.5 Å². The maximum Gasteiger partial charge on any atom is 0.229 e. The van der Waals surface area contributed by atoms with Gasteiger partial charge in [0, 0.05) is 24.6 Å². The van der Waals surface area contributed by atoms with Crippen LogP contribution in [0.15, 0.2) is 97.2 Å². The zero-order valence-corrected chi connectivity index (χ0v) is 16.2. The summed E-state index contributed by atoms with van der Waals surface area (Å²) in [6, 6.07) is 29.9. The van der Waals surface area contributed by atoms with Crippen LogP contribution in [0.3, 0.4) is 0 Å². The summed E-state index contributed by atoms with van der Waals surface area (Å²) < 4.78 is 5.83. The number of nitrogens with one attached hydrogen (secondary N) is 1. The van der Waals surface area contributed by atoms with Crippen molar-refractivity contribution in [1.29, 1.82) is 0 Å². The largest absolute Gasteiger partial charge is 0.489 e. The van der Waals surface area contributed by atoms with E-state index < -0.39 is 0 Å². The minimum absolute atomic E-state index is 0.545. The Morgan fingerprint density at radius 3 is 2.24 bits per heavy atom. The molecular formula is C24H22N4O. The van der Waals surface area contributed by atoms with Gasteiger partial charge < -0.3 is 15.0 Å². The van der Waals surface area contributed by atoms with Crippen LogP contribution < -0.4 is 15.0 Å². The molecule has 0 atom stereocenters. The van der Waals surface area contributed by atoms with E-state index in [4.69, 9.17) is 4.74 Å². The molecule has 0 radical (unpaired) electrons. The smallest absolute Gasteiger partial charge is 0.229 e. The molecule has 5 nitrogen and oxygen atoms in total. The van der Waals surface area contributed by atoms with Gasteiger partial charge in [0.25, 0.3) is 0 Å². The number of aromatic nitrogens is 2. The van der Waals surface area contributed by atoms with Crippen molar-refractivity contribution in [3.05, 3.63) is 103 Å². The highest BCUT2D eigenvalue weighted by Crippen LogP contribution is 2.23. The number of benzene rings is 3. The molecule has 4 aromatic rings. The summed E-state index contributed by atoms with van der Waals surface area (Å²) in [5, 5.41) is 3.25. The van der Waals surface area contributed by atoms with Crippen molar-refractivity contribution < 1.29 is 4.74 Å². The molecule has 1 heterocycles. The first-order valence-electron chi connectivity index (χ1n) is 9.43. The quantitative estimate of drug-likeness (QED) is 0.453. The van der Waals surface area contributed by atoms with E-state index in [1.165, 1.54) is 0 Å². The molecule has 0 saturated carbocycles. The molecule has 0 aliphatic heterocycles. The molecule has 1 aromatic heterocycles. The van der Waals surface area contributed by atoms with E-state index in [9.17, 15) is 0 Å². The highest BCUT2D eigenvalue weighted by Gasteiger charge is 2.07. The van der Waals surface area contributed by atoms with E-state index >= 15 is 0 Å². The monoisotopic (exact) mass is 382 g/mol. The van der Waals surface area contributed by atoms with Gasteiger partial charge in [-0.15, -0.1) is 0 Å². The molecule has 0 fully saturated rings. The molecule has 0 aliphatic rings. The highest BCUT2D eigenvalue weighted by molar-refractivity contribution is 5.61. The Hall–Kier alpha value is -3.86. The lowest BCUT2D eigenvalue weighted by molar-refractivity contribution is 0.306. The van der Waals surface area contributed by atoms with Gasteiger partial charge in [-0.05, 0) is 48.0 Å². The number of nitrogens with zero attached hydrogens (tertiary/aromatic N) is 3. The average Bonchev–Trinajstić information content (AvgIpc) is 2.79. The number of hydrogen-bond acceptors (Lipinski definition) is 5. The van der Waals surface area contributed by atoms with Gasteiger partial charge in [0.15, 0.2) is 0 Å². The van der Waals surface area contributed by atoms with Gasteiger partial charge in [-0.25, -0.2) is 4.98 Å². The van der Waals surface area contributed by atoms with Crippen molar-refractivity contribution in [3.63, 3.8) is 0 Å². The van der Waals surface area contributed by atoms with Gasteiger partial charge in [-0.3, -0.25) is 0 Å². The fraction of sp³-hybridized carbons (Fsp3) is 0.0833. The zero-order valence-electron chi connectivity index (χ0n) is 16.2. The second-order valence-electron chi connectivity index (χ2n) is 6.56. The van der Waals surface area contributed by atoms with Crippen LogP contribution in [0.2, 0.25) is 0 Å².